The molecule has 0 bridgehead atoms. The van der Waals surface area contributed by atoms with Crippen LogP contribution in [-0.4, -0.2) is 64.5 Å². The fraction of sp³-hybridized carbons (Fsp3) is 0.346. The Morgan fingerprint density at radius 2 is 1.43 bits per heavy atom. The molecule has 0 radical (unpaired) electrons. The van der Waals surface area contributed by atoms with Crippen molar-refractivity contribution < 1.29 is 43.2 Å². The second-order valence-corrected chi connectivity index (χ2v) is 8.07. The van der Waals surface area contributed by atoms with Gasteiger partial charge in [-0.3, -0.25) is 9.59 Å². The summed E-state index contributed by atoms with van der Waals surface area (Å²) in [6, 6.07) is 6.55. The first-order valence-corrected chi connectivity index (χ1v) is 11.2. The predicted molar refractivity (Wildman–Crippen MR) is 135 cm³/mol. The quantitative estimate of drug-likeness (QED) is 0.363. The van der Waals surface area contributed by atoms with Crippen LogP contribution in [0.4, 0.5) is 0 Å². The summed E-state index contributed by atoms with van der Waals surface area (Å²) in [5.74, 6) is -1.44. The van der Waals surface area contributed by atoms with Crippen molar-refractivity contribution in [2.24, 2.45) is 5.92 Å². The molecule has 2 aromatic rings. The highest BCUT2D eigenvalue weighted by Gasteiger charge is 2.26. The van der Waals surface area contributed by atoms with Crippen LogP contribution < -0.4 is 34.3 Å². The monoisotopic (exact) mass is 516 g/mol. The van der Waals surface area contributed by atoms with E-state index in [1.54, 1.807) is 32.0 Å². The highest BCUT2D eigenvalue weighted by molar-refractivity contribution is 6.06. The molecule has 0 aromatic heterocycles. The maximum Gasteiger partial charge on any atom is 0.326 e. The first kappa shape index (κ1) is 28.8. The Morgan fingerprint density at radius 1 is 0.838 bits per heavy atom. The zero-order valence-corrected chi connectivity index (χ0v) is 21.8. The third-order valence-corrected chi connectivity index (χ3v) is 5.38. The van der Waals surface area contributed by atoms with Gasteiger partial charge in [-0.05, 0) is 36.3 Å². The average Bonchev–Trinajstić information content (AvgIpc) is 2.89. The third kappa shape index (κ3) is 7.06. The number of methoxy groups -OCH3 is 5. The van der Waals surface area contributed by atoms with Crippen molar-refractivity contribution in [1.82, 2.24) is 10.6 Å². The average molecular weight is 517 g/mol. The van der Waals surface area contributed by atoms with Gasteiger partial charge in [0.2, 0.25) is 5.75 Å². The highest BCUT2D eigenvalue weighted by Crippen LogP contribution is 2.38. The largest absolute Gasteiger partial charge is 0.497 e. The second-order valence-electron chi connectivity index (χ2n) is 8.07. The molecule has 1 atom stereocenters. The lowest BCUT2D eigenvalue weighted by Gasteiger charge is -2.20. The summed E-state index contributed by atoms with van der Waals surface area (Å²) >= 11 is 0. The zero-order chi connectivity index (χ0) is 27.7. The Labute approximate surface area is 215 Å². The summed E-state index contributed by atoms with van der Waals surface area (Å²) in [5, 5.41) is 14.6. The van der Waals surface area contributed by atoms with E-state index >= 15 is 0 Å². The van der Waals surface area contributed by atoms with Crippen LogP contribution in [0.1, 0.15) is 29.8 Å². The van der Waals surface area contributed by atoms with Gasteiger partial charge in [-0.25, -0.2) is 4.79 Å². The summed E-state index contributed by atoms with van der Waals surface area (Å²) in [5.41, 5.74) is 0.331. The highest BCUT2D eigenvalue weighted by atomic mass is 16.5. The molecule has 0 aliphatic heterocycles. The van der Waals surface area contributed by atoms with E-state index in [1.165, 1.54) is 53.8 Å². The number of hydrogen-bond donors (Lipinski definition) is 3. The van der Waals surface area contributed by atoms with E-state index < -0.39 is 29.7 Å². The summed E-state index contributed by atoms with van der Waals surface area (Å²) in [6.45, 7) is 3.31. The molecule has 0 saturated heterocycles. The normalized spacial score (nSPS) is 11.8. The van der Waals surface area contributed by atoms with Gasteiger partial charge in [0, 0.05) is 17.2 Å². The van der Waals surface area contributed by atoms with E-state index in [0.29, 0.717) is 22.8 Å². The van der Waals surface area contributed by atoms with Gasteiger partial charge in [-0.2, -0.15) is 0 Å². The van der Waals surface area contributed by atoms with Crippen LogP contribution in [0, 0.1) is 5.92 Å². The molecule has 0 aliphatic carbocycles. The van der Waals surface area contributed by atoms with Gasteiger partial charge in [0.1, 0.15) is 23.2 Å². The lowest BCUT2D eigenvalue weighted by atomic mass is 10.0. The van der Waals surface area contributed by atoms with E-state index in [1.807, 2.05) is 0 Å². The fourth-order valence-electron chi connectivity index (χ4n) is 3.39. The molecule has 3 N–H and O–H groups in total. The summed E-state index contributed by atoms with van der Waals surface area (Å²) in [7, 11) is 7.19. The van der Waals surface area contributed by atoms with Crippen LogP contribution >= 0.6 is 0 Å². The first-order chi connectivity index (χ1) is 17.6. The summed E-state index contributed by atoms with van der Waals surface area (Å²) < 4.78 is 26.5. The molecule has 0 heterocycles. The maximum atomic E-state index is 13.2. The molecule has 2 amide bonds. The van der Waals surface area contributed by atoms with E-state index in [2.05, 4.69) is 10.6 Å². The number of carboxylic acids is 1. The van der Waals surface area contributed by atoms with Crippen molar-refractivity contribution >= 4 is 23.9 Å². The van der Waals surface area contributed by atoms with Gasteiger partial charge in [0.15, 0.2) is 11.5 Å². The van der Waals surface area contributed by atoms with Crippen molar-refractivity contribution in [3.05, 3.63) is 47.2 Å². The SMILES string of the molecule is COc1ccc(/C=C(/NC(=O)c2cc(OC)c(OC)c(OC)c2)C(=O)N[C@@H](C(=O)O)C(C)C)c(OC)c1. The molecule has 2 rings (SSSR count). The Morgan fingerprint density at radius 3 is 1.89 bits per heavy atom. The number of carboxylic acid groups (broad SMARTS) is 1. The molecule has 11 heteroatoms. The molecule has 37 heavy (non-hydrogen) atoms. The summed E-state index contributed by atoms with van der Waals surface area (Å²) in [6.07, 6.45) is 1.38. The molecular weight excluding hydrogens is 484 g/mol. The van der Waals surface area contributed by atoms with Gasteiger partial charge in [-0.15, -0.1) is 0 Å². The zero-order valence-electron chi connectivity index (χ0n) is 21.8. The van der Waals surface area contributed by atoms with Crippen LogP contribution in [-0.2, 0) is 9.59 Å². The van der Waals surface area contributed by atoms with Crippen LogP contribution in [0.2, 0.25) is 0 Å². The lowest BCUT2D eigenvalue weighted by Crippen LogP contribution is -2.47. The van der Waals surface area contributed by atoms with Crippen molar-refractivity contribution in [1.29, 1.82) is 0 Å². The van der Waals surface area contributed by atoms with Gasteiger partial charge < -0.3 is 39.4 Å². The lowest BCUT2D eigenvalue weighted by molar-refractivity contribution is -0.142. The number of carbonyl (C=O) groups excluding carboxylic acids is 2. The Bertz CT molecular complexity index is 1150. The Kier molecular flexibility index (Phi) is 10.2. The second kappa shape index (κ2) is 13.1. The van der Waals surface area contributed by atoms with Gasteiger partial charge >= 0.3 is 5.97 Å². The number of amides is 2. The maximum absolute atomic E-state index is 13.2. The fourth-order valence-corrected chi connectivity index (χ4v) is 3.39. The molecule has 0 spiro atoms. The molecular formula is C26H32N2O9. The number of benzene rings is 2. The number of aliphatic carboxylic acids is 1. The van der Waals surface area contributed by atoms with Gasteiger partial charge in [0.05, 0.1) is 35.5 Å². The van der Waals surface area contributed by atoms with Gasteiger partial charge in [-0.1, -0.05) is 13.8 Å². The van der Waals surface area contributed by atoms with Crippen LogP contribution in [0.3, 0.4) is 0 Å². The standard InChI is InChI=1S/C26H32N2O9/c1-14(2)22(26(31)32)28-25(30)18(10-15-8-9-17(33-3)13-19(15)34-4)27-24(29)16-11-20(35-5)23(37-7)21(12-16)36-6/h8-14,22H,1-7H3,(H,27,29)(H,28,30)(H,31,32)/b18-10+/t22-/m1/s1. The number of ether oxygens (including phenoxy) is 5. The predicted octanol–water partition coefficient (Wildman–Crippen LogP) is 2.73. The van der Waals surface area contributed by atoms with Crippen molar-refractivity contribution in [2.45, 2.75) is 19.9 Å². The van der Waals surface area contributed by atoms with Crippen molar-refractivity contribution in [3.63, 3.8) is 0 Å². The smallest absolute Gasteiger partial charge is 0.326 e. The van der Waals surface area contributed by atoms with Crippen LogP contribution in [0.15, 0.2) is 36.0 Å². The summed E-state index contributed by atoms with van der Waals surface area (Å²) in [4.78, 5) is 38.1. The van der Waals surface area contributed by atoms with E-state index in [-0.39, 0.29) is 22.8 Å². The number of carbonyl (C=O) groups is 3. The minimum absolute atomic E-state index is 0.105. The van der Waals surface area contributed by atoms with E-state index in [4.69, 9.17) is 23.7 Å². The first-order valence-electron chi connectivity index (χ1n) is 11.2. The van der Waals surface area contributed by atoms with Crippen LogP contribution in [0.25, 0.3) is 6.08 Å². The Balaban J connectivity index is 2.56. The number of rotatable bonds is 12. The van der Waals surface area contributed by atoms with E-state index in [0.717, 1.165) is 0 Å². The molecule has 0 saturated carbocycles. The number of hydrogen-bond acceptors (Lipinski definition) is 8. The molecule has 11 nitrogen and oxygen atoms in total. The van der Waals surface area contributed by atoms with Crippen LogP contribution in [0.5, 0.6) is 28.7 Å². The third-order valence-electron chi connectivity index (χ3n) is 5.38. The molecule has 0 unspecified atom stereocenters. The molecule has 2 aromatic carbocycles. The molecule has 0 aliphatic rings. The van der Waals surface area contributed by atoms with Crippen molar-refractivity contribution in [2.75, 3.05) is 35.5 Å². The Hall–Kier alpha value is -4.41. The topological polar surface area (TPSA) is 142 Å². The number of nitrogens with one attached hydrogen (secondary N) is 2. The molecule has 0 fully saturated rings. The molecule has 200 valence electrons. The van der Waals surface area contributed by atoms with E-state index in [9.17, 15) is 19.5 Å². The van der Waals surface area contributed by atoms with Crippen molar-refractivity contribution in [3.8, 4) is 28.7 Å². The minimum Gasteiger partial charge on any atom is -0.497 e. The van der Waals surface area contributed by atoms with Gasteiger partial charge in [0.25, 0.3) is 11.8 Å². The minimum atomic E-state index is -1.21.